The number of fused-ring (bicyclic) bond motifs is 1. The van der Waals surface area contributed by atoms with Gasteiger partial charge in [-0.15, -0.1) is 11.3 Å². The van der Waals surface area contributed by atoms with E-state index in [1.165, 1.54) is 42.8 Å². The van der Waals surface area contributed by atoms with E-state index in [1.807, 2.05) is 11.3 Å². The molecule has 1 atom stereocenters. The SMILES string of the molecule is CNCC1CCCc2nc(C3CC3)sc21. The van der Waals surface area contributed by atoms with Crippen molar-refractivity contribution in [3.8, 4) is 0 Å². The number of hydrogen-bond acceptors (Lipinski definition) is 3. The maximum atomic E-state index is 4.84. The first kappa shape index (κ1) is 9.79. The van der Waals surface area contributed by atoms with E-state index in [0.29, 0.717) is 0 Å². The molecule has 2 nitrogen and oxygen atoms in total. The highest BCUT2D eigenvalue weighted by Gasteiger charge is 2.31. The summed E-state index contributed by atoms with van der Waals surface area (Å²) in [5, 5.41) is 4.74. The molecular formula is C12H18N2S. The molecule has 0 aliphatic heterocycles. The van der Waals surface area contributed by atoms with Gasteiger partial charge in [-0.25, -0.2) is 4.98 Å². The third-order valence-corrected chi connectivity index (χ3v) is 4.88. The van der Waals surface area contributed by atoms with Gasteiger partial charge < -0.3 is 5.32 Å². The Balaban J connectivity index is 1.88. The molecule has 0 amide bonds. The molecule has 0 radical (unpaired) electrons. The molecule has 1 aromatic rings. The van der Waals surface area contributed by atoms with Gasteiger partial charge in [0.05, 0.1) is 10.7 Å². The molecule has 3 heteroatoms. The Labute approximate surface area is 95.1 Å². The monoisotopic (exact) mass is 222 g/mol. The Bertz CT molecular complexity index is 355. The molecule has 0 aromatic carbocycles. The predicted molar refractivity (Wildman–Crippen MR) is 63.7 cm³/mol. The zero-order valence-corrected chi connectivity index (χ0v) is 10.1. The van der Waals surface area contributed by atoms with Gasteiger partial charge in [0.2, 0.25) is 0 Å². The van der Waals surface area contributed by atoms with Crippen molar-refractivity contribution in [2.24, 2.45) is 0 Å². The molecule has 1 saturated carbocycles. The molecule has 1 unspecified atom stereocenters. The van der Waals surface area contributed by atoms with Crippen LogP contribution in [0.4, 0.5) is 0 Å². The zero-order valence-electron chi connectivity index (χ0n) is 9.25. The van der Waals surface area contributed by atoms with E-state index >= 15 is 0 Å². The van der Waals surface area contributed by atoms with Crippen LogP contribution in [0.1, 0.15) is 53.1 Å². The Morgan fingerprint density at radius 2 is 2.27 bits per heavy atom. The van der Waals surface area contributed by atoms with Crippen molar-refractivity contribution in [1.29, 1.82) is 0 Å². The molecule has 2 aliphatic carbocycles. The van der Waals surface area contributed by atoms with Gasteiger partial charge in [0.1, 0.15) is 0 Å². The first-order valence-electron chi connectivity index (χ1n) is 6.02. The van der Waals surface area contributed by atoms with Gasteiger partial charge >= 0.3 is 0 Å². The van der Waals surface area contributed by atoms with Crippen LogP contribution in [-0.2, 0) is 6.42 Å². The number of aryl methyl sites for hydroxylation is 1. The summed E-state index contributed by atoms with van der Waals surface area (Å²) in [6.07, 6.45) is 6.65. The van der Waals surface area contributed by atoms with Gasteiger partial charge in [-0.2, -0.15) is 0 Å². The second-order valence-corrected chi connectivity index (χ2v) is 5.85. The number of aromatic nitrogens is 1. The second-order valence-electron chi connectivity index (χ2n) is 4.78. The highest BCUT2D eigenvalue weighted by atomic mass is 32.1. The summed E-state index contributed by atoms with van der Waals surface area (Å²) in [6.45, 7) is 1.12. The van der Waals surface area contributed by atoms with Crippen LogP contribution in [0.15, 0.2) is 0 Å². The molecule has 82 valence electrons. The molecule has 1 aromatic heterocycles. The summed E-state index contributed by atoms with van der Waals surface area (Å²) in [5.41, 5.74) is 1.42. The zero-order chi connectivity index (χ0) is 10.3. The normalized spacial score (nSPS) is 25.3. The molecule has 1 fully saturated rings. The van der Waals surface area contributed by atoms with Gasteiger partial charge in [-0.05, 0) is 39.2 Å². The fraction of sp³-hybridized carbons (Fsp3) is 0.750. The van der Waals surface area contributed by atoms with E-state index in [-0.39, 0.29) is 0 Å². The lowest BCUT2D eigenvalue weighted by Gasteiger charge is -2.20. The number of likely N-dealkylation sites (N-methyl/N-ethyl adjacent to an activating group) is 1. The summed E-state index contributed by atoms with van der Waals surface area (Å²) in [4.78, 5) is 6.43. The number of nitrogens with zero attached hydrogens (tertiary/aromatic N) is 1. The van der Waals surface area contributed by atoms with E-state index in [4.69, 9.17) is 4.98 Å². The van der Waals surface area contributed by atoms with E-state index in [0.717, 1.165) is 18.4 Å². The second kappa shape index (κ2) is 3.87. The third kappa shape index (κ3) is 1.83. The van der Waals surface area contributed by atoms with Gasteiger partial charge in [0.25, 0.3) is 0 Å². The van der Waals surface area contributed by atoms with Crippen LogP contribution in [0, 0.1) is 0 Å². The topological polar surface area (TPSA) is 24.9 Å². The molecule has 0 spiro atoms. The third-order valence-electron chi connectivity index (χ3n) is 3.46. The Morgan fingerprint density at radius 3 is 3.00 bits per heavy atom. The number of thiazole rings is 1. The quantitative estimate of drug-likeness (QED) is 0.850. The average Bonchev–Trinajstić information content (AvgIpc) is 2.99. The Hall–Kier alpha value is -0.410. The summed E-state index contributed by atoms with van der Waals surface area (Å²) < 4.78 is 0. The molecule has 2 aliphatic rings. The fourth-order valence-electron chi connectivity index (χ4n) is 2.47. The van der Waals surface area contributed by atoms with Crippen LogP contribution in [-0.4, -0.2) is 18.6 Å². The van der Waals surface area contributed by atoms with Crippen LogP contribution < -0.4 is 5.32 Å². The minimum atomic E-state index is 0.740. The van der Waals surface area contributed by atoms with Gasteiger partial charge in [0.15, 0.2) is 0 Å². The van der Waals surface area contributed by atoms with Crippen molar-refractivity contribution in [3.63, 3.8) is 0 Å². The smallest absolute Gasteiger partial charge is 0.0962 e. The van der Waals surface area contributed by atoms with Crippen molar-refractivity contribution < 1.29 is 0 Å². The predicted octanol–water partition coefficient (Wildman–Crippen LogP) is 2.66. The molecule has 0 bridgehead atoms. The standard InChI is InChI=1S/C12H18N2S/c1-13-7-9-3-2-4-10-11(9)15-12(14-10)8-5-6-8/h8-9,13H,2-7H2,1H3. The van der Waals surface area contributed by atoms with Crippen LogP contribution in [0.5, 0.6) is 0 Å². The van der Waals surface area contributed by atoms with E-state index in [9.17, 15) is 0 Å². The van der Waals surface area contributed by atoms with Gasteiger partial charge in [0, 0.05) is 23.3 Å². The van der Waals surface area contributed by atoms with Crippen molar-refractivity contribution in [1.82, 2.24) is 10.3 Å². The number of hydrogen-bond donors (Lipinski definition) is 1. The van der Waals surface area contributed by atoms with E-state index in [2.05, 4.69) is 12.4 Å². The maximum Gasteiger partial charge on any atom is 0.0962 e. The van der Waals surface area contributed by atoms with Crippen LogP contribution >= 0.6 is 11.3 Å². The van der Waals surface area contributed by atoms with Crippen LogP contribution in [0.25, 0.3) is 0 Å². The lowest BCUT2D eigenvalue weighted by Crippen LogP contribution is -2.20. The van der Waals surface area contributed by atoms with Gasteiger partial charge in [-0.1, -0.05) is 0 Å². The number of rotatable bonds is 3. The van der Waals surface area contributed by atoms with Crippen LogP contribution in [0.3, 0.4) is 0 Å². The van der Waals surface area contributed by atoms with Crippen molar-refractivity contribution in [2.75, 3.05) is 13.6 Å². The number of nitrogens with one attached hydrogen (secondary N) is 1. The first-order valence-corrected chi connectivity index (χ1v) is 6.84. The summed E-state index contributed by atoms with van der Waals surface area (Å²) in [5.74, 6) is 1.57. The van der Waals surface area contributed by atoms with E-state index in [1.54, 1.807) is 4.88 Å². The molecule has 15 heavy (non-hydrogen) atoms. The fourth-order valence-corrected chi connectivity index (χ4v) is 3.89. The minimum Gasteiger partial charge on any atom is -0.319 e. The molecule has 0 saturated heterocycles. The van der Waals surface area contributed by atoms with E-state index < -0.39 is 0 Å². The minimum absolute atomic E-state index is 0.740. The lowest BCUT2D eigenvalue weighted by atomic mass is 9.92. The molecule has 1 heterocycles. The maximum absolute atomic E-state index is 4.84. The Morgan fingerprint density at radius 1 is 1.40 bits per heavy atom. The van der Waals surface area contributed by atoms with Crippen molar-refractivity contribution in [3.05, 3.63) is 15.6 Å². The average molecular weight is 222 g/mol. The van der Waals surface area contributed by atoms with Gasteiger partial charge in [-0.3, -0.25) is 0 Å². The molecule has 1 N–H and O–H groups in total. The first-order chi connectivity index (χ1) is 7.38. The van der Waals surface area contributed by atoms with Crippen molar-refractivity contribution in [2.45, 2.75) is 43.9 Å². The highest BCUT2D eigenvalue weighted by molar-refractivity contribution is 7.12. The summed E-state index contributed by atoms with van der Waals surface area (Å²) >= 11 is 2.00. The lowest BCUT2D eigenvalue weighted by molar-refractivity contribution is 0.532. The highest BCUT2D eigenvalue weighted by Crippen LogP contribution is 2.45. The summed E-state index contributed by atoms with van der Waals surface area (Å²) in [6, 6.07) is 0. The van der Waals surface area contributed by atoms with Crippen molar-refractivity contribution >= 4 is 11.3 Å². The molecular weight excluding hydrogens is 204 g/mol. The van der Waals surface area contributed by atoms with Crippen LogP contribution in [0.2, 0.25) is 0 Å². The largest absolute Gasteiger partial charge is 0.319 e. The summed E-state index contributed by atoms with van der Waals surface area (Å²) in [7, 11) is 2.05. The molecule has 3 rings (SSSR count). The Kier molecular flexibility index (Phi) is 2.53.